The molecule has 8 heteroatoms. The van der Waals surface area contributed by atoms with Gasteiger partial charge in [0, 0.05) is 43.9 Å². The second-order valence-corrected chi connectivity index (χ2v) is 9.39. The van der Waals surface area contributed by atoms with E-state index < -0.39 is 0 Å². The van der Waals surface area contributed by atoms with Crippen LogP contribution in [0, 0.1) is 5.92 Å². The van der Waals surface area contributed by atoms with Gasteiger partial charge in [-0.1, -0.05) is 30.3 Å². The number of hydrogen-bond acceptors (Lipinski definition) is 6. The lowest BCUT2D eigenvalue weighted by Gasteiger charge is -2.42. The van der Waals surface area contributed by atoms with E-state index in [0.717, 1.165) is 42.9 Å². The fourth-order valence-corrected chi connectivity index (χ4v) is 5.13. The van der Waals surface area contributed by atoms with E-state index in [1.807, 2.05) is 30.4 Å². The maximum atomic E-state index is 13.9. The summed E-state index contributed by atoms with van der Waals surface area (Å²) < 4.78 is 1.73. The summed E-state index contributed by atoms with van der Waals surface area (Å²) in [6.45, 7) is 4.50. The maximum absolute atomic E-state index is 13.9. The van der Waals surface area contributed by atoms with Gasteiger partial charge in [0.25, 0.3) is 0 Å². The number of carbonyl (C=O) groups is 1. The van der Waals surface area contributed by atoms with Gasteiger partial charge in [-0.05, 0) is 44.5 Å². The minimum atomic E-state index is -0.0116. The molecule has 0 spiro atoms. The van der Waals surface area contributed by atoms with Gasteiger partial charge >= 0.3 is 0 Å². The molecule has 2 aromatic heterocycles. The number of benzene rings is 1. The molecule has 4 heterocycles. The Labute approximate surface area is 194 Å². The number of nitrogens with one attached hydrogen (secondary N) is 1. The van der Waals surface area contributed by atoms with Gasteiger partial charge in [0.2, 0.25) is 11.9 Å². The van der Waals surface area contributed by atoms with E-state index in [4.69, 9.17) is 4.98 Å². The molecule has 1 saturated heterocycles. The number of anilines is 2. The van der Waals surface area contributed by atoms with Gasteiger partial charge < -0.3 is 15.1 Å². The highest BCUT2D eigenvalue weighted by molar-refractivity contribution is 5.81. The number of aryl methyl sites for hydroxylation is 1. The third-order valence-electron chi connectivity index (χ3n) is 6.93. The number of amides is 1. The maximum Gasteiger partial charge on any atom is 0.227 e. The summed E-state index contributed by atoms with van der Waals surface area (Å²) in [5.41, 5.74) is 4.13. The monoisotopic (exact) mass is 445 g/mol. The second-order valence-electron chi connectivity index (χ2n) is 9.39. The SMILES string of the molecule is C[C@@H]1Cc2cnc(Nc3cnn(C)c3)nc2CN1C(=O)[C@H]1CCN(C)C[C@@H]1c1ccccc1. The van der Waals surface area contributed by atoms with E-state index in [0.29, 0.717) is 12.5 Å². The summed E-state index contributed by atoms with van der Waals surface area (Å²) in [7, 11) is 4.01. The summed E-state index contributed by atoms with van der Waals surface area (Å²) >= 11 is 0. The average molecular weight is 446 g/mol. The standard InChI is InChI=1S/C25H31N7O/c1-17-11-19-12-26-25(28-20-13-27-31(3)14-20)29-23(19)16-32(17)24(33)21-9-10-30(2)15-22(21)18-7-5-4-6-8-18/h4-8,12-14,17,21-22H,9-11,15-16H2,1-3H3,(H,26,28,29)/t17-,21+,22-/m1/s1. The zero-order chi connectivity index (χ0) is 22.9. The minimum Gasteiger partial charge on any atom is -0.333 e. The molecule has 172 valence electrons. The van der Waals surface area contributed by atoms with E-state index >= 15 is 0 Å². The first-order chi connectivity index (χ1) is 16.0. The van der Waals surface area contributed by atoms with Crippen LogP contribution in [-0.2, 0) is 24.8 Å². The smallest absolute Gasteiger partial charge is 0.227 e. The van der Waals surface area contributed by atoms with Crippen molar-refractivity contribution in [2.75, 3.05) is 25.5 Å². The Balaban J connectivity index is 1.37. The van der Waals surface area contributed by atoms with Gasteiger partial charge in [0.05, 0.1) is 24.1 Å². The number of hydrogen-bond donors (Lipinski definition) is 1. The molecular formula is C25H31N7O. The van der Waals surface area contributed by atoms with Crippen molar-refractivity contribution in [1.29, 1.82) is 0 Å². The van der Waals surface area contributed by atoms with Crippen molar-refractivity contribution in [2.45, 2.75) is 38.3 Å². The molecule has 2 aliphatic rings. The Bertz CT molecular complexity index is 1130. The molecule has 1 amide bonds. The topological polar surface area (TPSA) is 79.2 Å². The molecule has 0 aliphatic carbocycles. The first kappa shape index (κ1) is 21.6. The van der Waals surface area contributed by atoms with Gasteiger partial charge in [-0.2, -0.15) is 5.10 Å². The Morgan fingerprint density at radius 3 is 2.73 bits per heavy atom. The zero-order valence-electron chi connectivity index (χ0n) is 19.5. The molecule has 1 fully saturated rings. The Kier molecular flexibility index (Phi) is 5.85. The first-order valence-electron chi connectivity index (χ1n) is 11.6. The second kappa shape index (κ2) is 8.94. The van der Waals surface area contributed by atoms with Gasteiger partial charge in [0.15, 0.2) is 0 Å². The summed E-state index contributed by atoms with van der Waals surface area (Å²) in [5.74, 6) is 0.974. The summed E-state index contributed by atoms with van der Waals surface area (Å²) in [6.07, 6.45) is 7.16. The third-order valence-corrected chi connectivity index (χ3v) is 6.93. The predicted octanol–water partition coefficient (Wildman–Crippen LogP) is 2.96. The van der Waals surface area contributed by atoms with Crippen LogP contribution in [0.4, 0.5) is 11.6 Å². The number of aromatic nitrogens is 4. The number of rotatable bonds is 4. The summed E-state index contributed by atoms with van der Waals surface area (Å²) in [5, 5.41) is 7.39. The van der Waals surface area contributed by atoms with E-state index in [9.17, 15) is 4.79 Å². The van der Waals surface area contributed by atoms with Crippen molar-refractivity contribution in [3.05, 3.63) is 65.7 Å². The fourth-order valence-electron chi connectivity index (χ4n) is 5.13. The molecule has 0 unspecified atom stereocenters. The molecule has 0 radical (unpaired) electrons. The van der Waals surface area contributed by atoms with Gasteiger partial charge in [-0.15, -0.1) is 0 Å². The van der Waals surface area contributed by atoms with E-state index in [1.54, 1.807) is 10.9 Å². The molecule has 33 heavy (non-hydrogen) atoms. The Morgan fingerprint density at radius 1 is 1.15 bits per heavy atom. The van der Waals surface area contributed by atoms with Gasteiger partial charge in [-0.3, -0.25) is 9.48 Å². The van der Waals surface area contributed by atoms with E-state index in [2.05, 4.69) is 58.5 Å². The van der Waals surface area contributed by atoms with Crippen LogP contribution in [0.25, 0.3) is 0 Å². The molecule has 3 atom stereocenters. The number of piperidine rings is 1. The molecule has 0 saturated carbocycles. The number of likely N-dealkylation sites (tertiary alicyclic amines) is 1. The quantitative estimate of drug-likeness (QED) is 0.665. The van der Waals surface area contributed by atoms with Crippen molar-refractivity contribution in [3.8, 4) is 0 Å². The Morgan fingerprint density at radius 2 is 1.97 bits per heavy atom. The predicted molar refractivity (Wildman–Crippen MR) is 127 cm³/mol. The molecule has 0 bridgehead atoms. The number of carbonyl (C=O) groups excluding carboxylic acids is 1. The van der Waals surface area contributed by atoms with Crippen LogP contribution in [0.5, 0.6) is 0 Å². The molecule has 3 aromatic rings. The Hall–Kier alpha value is -3.26. The van der Waals surface area contributed by atoms with Crippen molar-refractivity contribution < 1.29 is 4.79 Å². The highest BCUT2D eigenvalue weighted by Gasteiger charge is 2.39. The fraction of sp³-hybridized carbons (Fsp3) is 0.440. The van der Waals surface area contributed by atoms with Crippen LogP contribution >= 0.6 is 0 Å². The molecule has 1 aromatic carbocycles. The van der Waals surface area contributed by atoms with Crippen LogP contribution in [0.15, 0.2) is 48.9 Å². The first-order valence-corrected chi connectivity index (χ1v) is 11.6. The number of likely N-dealkylation sites (N-methyl/N-ethyl adjacent to an activating group) is 1. The lowest BCUT2D eigenvalue weighted by Crippen LogP contribution is -2.50. The van der Waals surface area contributed by atoms with Crippen molar-refractivity contribution in [2.24, 2.45) is 13.0 Å². The lowest BCUT2D eigenvalue weighted by molar-refractivity contribution is -0.141. The van der Waals surface area contributed by atoms with Crippen molar-refractivity contribution >= 4 is 17.5 Å². The van der Waals surface area contributed by atoms with Crippen LogP contribution in [0.1, 0.15) is 36.1 Å². The highest BCUT2D eigenvalue weighted by atomic mass is 16.2. The van der Waals surface area contributed by atoms with E-state index in [-0.39, 0.29) is 23.8 Å². The van der Waals surface area contributed by atoms with Crippen LogP contribution < -0.4 is 5.32 Å². The molecule has 1 N–H and O–H groups in total. The molecule has 2 aliphatic heterocycles. The van der Waals surface area contributed by atoms with Crippen LogP contribution in [-0.4, -0.2) is 61.6 Å². The number of fused-ring (bicyclic) bond motifs is 1. The minimum absolute atomic E-state index is 0.0116. The largest absolute Gasteiger partial charge is 0.333 e. The van der Waals surface area contributed by atoms with Crippen LogP contribution in [0.3, 0.4) is 0 Å². The highest BCUT2D eigenvalue weighted by Crippen LogP contribution is 2.35. The molecular weight excluding hydrogens is 414 g/mol. The summed E-state index contributed by atoms with van der Waals surface area (Å²) in [6, 6.07) is 10.6. The number of nitrogens with zero attached hydrogens (tertiary/aromatic N) is 6. The zero-order valence-corrected chi connectivity index (χ0v) is 19.5. The van der Waals surface area contributed by atoms with Crippen molar-refractivity contribution in [1.82, 2.24) is 29.5 Å². The summed E-state index contributed by atoms with van der Waals surface area (Å²) in [4.78, 5) is 27.5. The normalized spacial score (nSPS) is 23.2. The van der Waals surface area contributed by atoms with E-state index in [1.165, 1.54) is 5.56 Å². The van der Waals surface area contributed by atoms with Gasteiger partial charge in [0.1, 0.15) is 0 Å². The van der Waals surface area contributed by atoms with Crippen molar-refractivity contribution in [3.63, 3.8) is 0 Å². The molecule has 5 rings (SSSR count). The average Bonchev–Trinajstić information content (AvgIpc) is 3.23. The lowest BCUT2D eigenvalue weighted by atomic mass is 9.79. The third kappa shape index (κ3) is 4.48. The van der Waals surface area contributed by atoms with Crippen LogP contribution in [0.2, 0.25) is 0 Å². The van der Waals surface area contributed by atoms with Gasteiger partial charge in [-0.25, -0.2) is 9.97 Å². The molecule has 8 nitrogen and oxygen atoms in total.